The van der Waals surface area contributed by atoms with Gasteiger partial charge in [-0.25, -0.2) is 8.42 Å². The minimum atomic E-state index is -3.74. The number of aromatic nitrogens is 1. The van der Waals surface area contributed by atoms with Gasteiger partial charge in [-0.1, -0.05) is 6.07 Å². The van der Waals surface area contributed by atoms with Gasteiger partial charge in [0, 0.05) is 29.0 Å². The van der Waals surface area contributed by atoms with E-state index in [0.717, 1.165) is 5.69 Å². The van der Waals surface area contributed by atoms with Gasteiger partial charge in [-0.05, 0) is 49.2 Å². The maximum absolute atomic E-state index is 11.5. The topological polar surface area (TPSA) is 56.3 Å². The molecular formula is C15H16ClNO3S. The molecule has 0 radical (unpaired) electrons. The van der Waals surface area contributed by atoms with Crippen LogP contribution < -0.4 is 4.74 Å². The summed E-state index contributed by atoms with van der Waals surface area (Å²) in [6, 6.07) is 9.09. The highest BCUT2D eigenvalue weighted by molar-refractivity contribution is 8.13. The molecule has 0 fully saturated rings. The van der Waals surface area contributed by atoms with Crippen LogP contribution in [0.3, 0.4) is 0 Å². The molecule has 4 nitrogen and oxygen atoms in total. The lowest BCUT2D eigenvalue weighted by molar-refractivity contribution is 0.320. The van der Waals surface area contributed by atoms with Crippen molar-refractivity contribution in [3.8, 4) is 5.75 Å². The molecule has 2 aromatic rings. The van der Waals surface area contributed by atoms with Gasteiger partial charge in [-0.2, -0.15) is 0 Å². The van der Waals surface area contributed by atoms with E-state index in [9.17, 15) is 8.42 Å². The summed E-state index contributed by atoms with van der Waals surface area (Å²) in [5.74, 6) is 0.630. The minimum Gasteiger partial charge on any atom is -0.493 e. The summed E-state index contributed by atoms with van der Waals surface area (Å²) < 4.78 is 28.7. The summed E-state index contributed by atoms with van der Waals surface area (Å²) in [4.78, 5) is 4.37. The zero-order valence-electron chi connectivity index (χ0n) is 11.8. The van der Waals surface area contributed by atoms with Crippen molar-refractivity contribution < 1.29 is 13.2 Å². The molecule has 0 saturated carbocycles. The van der Waals surface area contributed by atoms with Gasteiger partial charge in [0.25, 0.3) is 9.05 Å². The van der Waals surface area contributed by atoms with Gasteiger partial charge >= 0.3 is 0 Å². The van der Waals surface area contributed by atoms with Crippen LogP contribution in [0.15, 0.2) is 41.4 Å². The first-order valence-corrected chi connectivity index (χ1v) is 8.77. The summed E-state index contributed by atoms with van der Waals surface area (Å²) >= 11 is 0. The Kier molecular flexibility index (Phi) is 4.85. The average Bonchev–Trinajstić information content (AvgIpc) is 2.37. The van der Waals surface area contributed by atoms with Crippen LogP contribution in [0.1, 0.15) is 16.8 Å². The number of pyridine rings is 1. The third-order valence-electron chi connectivity index (χ3n) is 3.03. The Bertz CT molecular complexity index is 707. The molecule has 0 saturated heterocycles. The molecule has 1 aromatic carbocycles. The second-order valence-electron chi connectivity index (χ2n) is 4.74. The smallest absolute Gasteiger partial charge is 0.261 e. The zero-order chi connectivity index (χ0) is 15.5. The van der Waals surface area contributed by atoms with Gasteiger partial charge < -0.3 is 4.74 Å². The first kappa shape index (κ1) is 15.8. The number of halogens is 1. The lowest BCUT2D eigenvalue weighted by atomic mass is 10.1. The predicted molar refractivity (Wildman–Crippen MR) is 82.4 cm³/mol. The lowest BCUT2D eigenvalue weighted by Gasteiger charge is -2.11. The molecule has 1 aromatic heterocycles. The summed E-state index contributed by atoms with van der Waals surface area (Å²) in [5.41, 5.74) is 2.11. The van der Waals surface area contributed by atoms with Crippen molar-refractivity contribution >= 4 is 19.7 Å². The fourth-order valence-corrected chi connectivity index (χ4v) is 3.82. The van der Waals surface area contributed by atoms with E-state index in [-0.39, 0.29) is 4.90 Å². The second kappa shape index (κ2) is 6.45. The van der Waals surface area contributed by atoms with Crippen molar-refractivity contribution in [3.63, 3.8) is 0 Å². The molecule has 0 unspecified atom stereocenters. The normalized spacial score (nSPS) is 11.4. The Morgan fingerprint density at radius 2 is 1.86 bits per heavy atom. The molecule has 0 N–H and O–H groups in total. The highest BCUT2D eigenvalue weighted by Crippen LogP contribution is 2.28. The summed E-state index contributed by atoms with van der Waals surface area (Å²) in [5, 5.41) is 0. The number of benzene rings is 1. The van der Waals surface area contributed by atoms with Gasteiger partial charge in [-0.15, -0.1) is 0 Å². The van der Waals surface area contributed by atoms with Gasteiger partial charge in [0.05, 0.1) is 11.5 Å². The van der Waals surface area contributed by atoms with E-state index in [1.54, 1.807) is 32.2 Å². The van der Waals surface area contributed by atoms with Crippen molar-refractivity contribution in [1.29, 1.82) is 0 Å². The van der Waals surface area contributed by atoms with E-state index in [1.807, 2.05) is 18.2 Å². The van der Waals surface area contributed by atoms with Crippen LogP contribution in [0.4, 0.5) is 0 Å². The zero-order valence-corrected chi connectivity index (χ0v) is 13.4. The molecular weight excluding hydrogens is 310 g/mol. The molecule has 112 valence electrons. The third-order valence-corrected chi connectivity index (χ3v) is 4.63. The molecule has 2 rings (SSSR count). The first-order valence-electron chi connectivity index (χ1n) is 6.46. The molecule has 0 aliphatic carbocycles. The predicted octanol–water partition coefficient (Wildman–Crippen LogP) is 3.25. The average molecular weight is 326 g/mol. The van der Waals surface area contributed by atoms with E-state index in [2.05, 4.69) is 4.98 Å². The van der Waals surface area contributed by atoms with Crippen molar-refractivity contribution in [2.45, 2.75) is 25.2 Å². The molecule has 0 aliphatic rings. The van der Waals surface area contributed by atoms with E-state index in [4.69, 9.17) is 15.4 Å². The van der Waals surface area contributed by atoms with Crippen molar-refractivity contribution in [2.24, 2.45) is 0 Å². The van der Waals surface area contributed by atoms with Gasteiger partial charge in [0.2, 0.25) is 0 Å². The maximum atomic E-state index is 11.5. The summed E-state index contributed by atoms with van der Waals surface area (Å²) in [6.45, 7) is 3.88. The largest absolute Gasteiger partial charge is 0.493 e. The van der Waals surface area contributed by atoms with Crippen LogP contribution in [0.25, 0.3) is 0 Å². The number of rotatable bonds is 5. The fourth-order valence-electron chi connectivity index (χ4n) is 2.20. The van der Waals surface area contributed by atoms with E-state index in [1.165, 1.54) is 0 Å². The van der Waals surface area contributed by atoms with Crippen LogP contribution >= 0.6 is 10.7 Å². The Morgan fingerprint density at radius 3 is 2.38 bits per heavy atom. The Labute approximate surface area is 129 Å². The molecule has 0 spiro atoms. The van der Waals surface area contributed by atoms with E-state index < -0.39 is 9.05 Å². The number of ether oxygens (including phenoxy) is 1. The van der Waals surface area contributed by atoms with Crippen LogP contribution in [-0.2, 0) is 15.5 Å². The standard InChI is InChI=1S/C15H16ClNO3S/c1-11-9-14(10-12(2)15(11)21(16,18)19)20-8-6-13-5-3-4-7-17-13/h3-5,7,9-10H,6,8H2,1-2H3. The Hall–Kier alpha value is -1.59. The monoisotopic (exact) mass is 325 g/mol. The molecule has 0 amide bonds. The van der Waals surface area contributed by atoms with Gasteiger partial charge in [-0.3, -0.25) is 4.98 Å². The second-order valence-corrected chi connectivity index (χ2v) is 7.25. The maximum Gasteiger partial charge on any atom is 0.261 e. The summed E-state index contributed by atoms with van der Waals surface area (Å²) in [7, 11) is 1.69. The SMILES string of the molecule is Cc1cc(OCCc2ccccn2)cc(C)c1S(=O)(=O)Cl. The number of nitrogens with zero attached hydrogens (tertiary/aromatic N) is 1. The molecule has 6 heteroatoms. The van der Waals surface area contributed by atoms with E-state index >= 15 is 0 Å². The fraction of sp³-hybridized carbons (Fsp3) is 0.267. The quantitative estimate of drug-likeness (QED) is 0.792. The molecule has 21 heavy (non-hydrogen) atoms. The van der Waals surface area contributed by atoms with Crippen LogP contribution in [0.2, 0.25) is 0 Å². The Balaban J connectivity index is 2.09. The highest BCUT2D eigenvalue weighted by atomic mass is 35.7. The van der Waals surface area contributed by atoms with Crippen molar-refractivity contribution in [3.05, 3.63) is 53.3 Å². The first-order chi connectivity index (χ1) is 9.88. The Morgan fingerprint density at radius 1 is 1.19 bits per heavy atom. The number of aryl methyl sites for hydroxylation is 2. The number of hydrogen-bond acceptors (Lipinski definition) is 4. The van der Waals surface area contributed by atoms with Crippen molar-refractivity contribution in [2.75, 3.05) is 6.61 Å². The van der Waals surface area contributed by atoms with Crippen molar-refractivity contribution in [1.82, 2.24) is 4.98 Å². The van der Waals surface area contributed by atoms with Crippen LogP contribution in [0.5, 0.6) is 5.75 Å². The molecule has 0 aliphatic heterocycles. The van der Waals surface area contributed by atoms with Gasteiger partial charge in [0.1, 0.15) is 5.75 Å². The third kappa shape index (κ3) is 4.19. The van der Waals surface area contributed by atoms with Crippen LogP contribution in [-0.4, -0.2) is 20.0 Å². The number of hydrogen-bond donors (Lipinski definition) is 0. The molecule has 0 bridgehead atoms. The minimum absolute atomic E-state index is 0.154. The van der Waals surface area contributed by atoms with Crippen LogP contribution in [0, 0.1) is 13.8 Å². The summed E-state index contributed by atoms with van der Waals surface area (Å²) in [6.07, 6.45) is 2.43. The lowest BCUT2D eigenvalue weighted by Crippen LogP contribution is -2.05. The van der Waals surface area contributed by atoms with E-state index in [0.29, 0.717) is 29.9 Å². The molecule has 1 heterocycles. The molecule has 0 atom stereocenters. The highest BCUT2D eigenvalue weighted by Gasteiger charge is 2.17. The van der Waals surface area contributed by atoms with Gasteiger partial charge in [0.15, 0.2) is 0 Å².